The molecular formula is C21H44N4O4. The van der Waals surface area contributed by atoms with Gasteiger partial charge in [0.05, 0.1) is 18.7 Å². The van der Waals surface area contributed by atoms with Crippen LogP contribution in [0.3, 0.4) is 0 Å². The van der Waals surface area contributed by atoms with Crippen molar-refractivity contribution in [1.29, 1.82) is 0 Å². The highest BCUT2D eigenvalue weighted by molar-refractivity contribution is 5.72. The van der Waals surface area contributed by atoms with E-state index in [0.717, 1.165) is 58.6 Å². The molecule has 1 aliphatic rings. The van der Waals surface area contributed by atoms with Gasteiger partial charge >= 0.3 is 5.97 Å². The quantitative estimate of drug-likeness (QED) is 0.513. The third kappa shape index (κ3) is 18.7. The van der Waals surface area contributed by atoms with Crippen molar-refractivity contribution in [2.45, 2.75) is 52.7 Å². The minimum atomic E-state index is -0.461. The lowest BCUT2D eigenvalue weighted by Gasteiger charge is -2.28. The average molecular weight is 417 g/mol. The number of methoxy groups -OCH3 is 1. The maximum atomic E-state index is 12.0. The summed E-state index contributed by atoms with van der Waals surface area (Å²) in [4.78, 5) is 27.0. The van der Waals surface area contributed by atoms with Gasteiger partial charge in [0.15, 0.2) is 0 Å². The van der Waals surface area contributed by atoms with E-state index in [4.69, 9.17) is 9.47 Å². The second-order valence-electron chi connectivity index (χ2n) is 9.15. The summed E-state index contributed by atoms with van der Waals surface area (Å²) in [5, 5.41) is 6.72. The molecule has 1 rings (SSSR count). The Labute approximate surface area is 177 Å². The van der Waals surface area contributed by atoms with E-state index in [-0.39, 0.29) is 18.1 Å². The highest BCUT2D eigenvalue weighted by atomic mass is 16.6. The van der Waals surface area contributed by atoms with Crippen molar-refractivity contribution in [2.24, 2.45) is 0 Å². The molecule has 1 heterocycles. The summed E-state index contributed by atoms with van der Waals surface area (Å²) in [6, 6.07) is 0. The fourth-order valence-electron chi connectivity index (χ4n) is 2.41. The largest absolute Gasteiger partial charge is 0.459 e. The van der Waals surface area contributed by atoms with Crippen LogP contribution in [-0.4, -0.2) is 106 Å². The van der Waals surface area contributed by atoms with E-state index in [2.05, 4.69) is 20.4 Å². The molecule has 0 aromatic heterocycles. The van der Waals surface area contributed by atoms with Gasteiger partial charge in [-0.05, 0) is 41.5 Å². The zero-order valence-corrected chi connectivity index (χ0v) is 19.7. The lowest BCUT2D eigenvalue weighted by molar-refractivity contribution is -0.156. The first-order valence-electron chi connectivity index (χ1n) is 10.5. The molecule has 8 heteroatoms. The smallest absolute Gasteiger partial charge is 0.320 e. The molecule has 0 saturated carbocycles. The van der Waals surface area contributed by atoms with Crippen LogP contribution in [0.4, 0.5) is 0 Å². The summed E-state index contributed by atoms with van der Waals surface area (Å²) in [6.07, 6.45) is 0.936. The van der Waals surface area contributed by atoms with Crippen LogP contribution in [0, 0.1) is 0 Å². The number of rotatable bonds is 4. The summed E-state index contributed by atoms with van der Waals surface area (Å²) in [5.74, 6) is -0.201. The maximum absolute atomic E-state index is 12.0. The topological polar surface area (TPSA) is 83.1 Å². The van der Waals surface area contributed by atoms with E-state index in [1.54, 1.807) is 7.11 Å². The van der Waals surface area contributed by atoms with E-state index < -0.39 is 5.60 Å². The van der Waals surface area contributed by atoms with Crippen LogP contribution < -0.4 is 10.6 Å². The van der Waals surface area contributed by atoms with Gasteiger partial charge in [0.25, 0.3) is 0 Å². The lowest BCUT2D eigenvalue weighted by atomic mass is 10.2. The van der Waals surface area contributed by atoms with Crippen LogP contribution in [0.1, 0.15) is 41.5 Å². The molecule has 1 fully saturated rings. The zero-order valence-electron chi connectivity index (χ0n) is 19.7. The molecule has 0 bridgehead atoms. The van der Waals surface area contributed by atoms with Gasteiger partial charge in [-0.25, -0.2) is 0 Å². The number of nitrogens with one attached hydrogen (secondary N) is 2. The zero-order chi connectivity index (χ0) is 22.3. The minimum absolute atomic E-state index is 0.0417. The number of carbonyl (C=O) groups excluding carboxylic acids is 2. The van der Waals surface area contributed by atoms with Crippen LogP contribution >= 0.6 is 0 Å². The summed E-state index contributed by atoms with van der Waals surface area (Å²) in [7, 11) is 1.71. The van der Waals surface area contributed by atoms with Crippen molar-refractivity contribution in [3.8, 4) is 0 Å². The van der Waals surface area contributed by atoms with Crippen molar-refractivity contribution in [1.82, 2.24) is 20.4 Å². The van der Waals surface area contributed by atoms with Crippen LogP contribution in [0.5, 0.6) is 0 Å². The SMILES string of the molecule is CC(C)(C)OC(=O)CN1CCNCCNCCN(CC=O)CC1.COC(C)(C)C. The number of esters is 1. The summed E-state index contributed by atoms with van der Waals surface area (Å²) >= 11 is 0. The highest BCUT2D eigenvalue weighted by Crippen LogP contribution is 2.07. The fourth-order valence-corrected chi connectivity index (χ4v) is 2.41. The third-order valence-electron chi connectivity index (χ3n) is 4.14. The van der Waals surface area contributed by atoms with Gasteiger partial charge in [-0.1, -0.05) is 0 Å². The van der Waals surface area contributed by atoms with Crippen molar-refractivity contribution >= 4 is 12.3 Å². The Balaban J connectivity index is 0.00000113. The van der Waals surface area contributed by atoms with Crippen LogP contribution in [-0.2, 0) is 19.1 Å². The standard InChI is InChI=1S/C16H32N4O3.C5H12O/c1-16(2,3)23-15(22)14-20-9-7-18-5-4-17-6-8-19(10-11-20)12-13-21;1-5(2,3)6-4/h13,17-18H,4-12,14H2,1-3H3;1-4H3. The number of ether oxygens (including phenoxy) is 2. The van der Waals surface area contributed by atoms with E-state index in [0.29, 0.717) is 6.54 Å². The molecule has 8 nitrogen and oxygen atoms in total. The molecule has 0 radical (unpaired) electrons. The van der Waals surface area contributed by atoms with Gasteiger partial charge in [-0.15, -0.1) is 0 Å². The maximum Gasteiger partial charge on any atom is 0.320 e. The van der Waals surface area contributed by atoms with Gasteiger partial charge in [0.1, 0.15) is 11.9 Å². The van der Waals surface area contributed by atoms with Crippen molar-refractivity contribution < 1.29 is 19.1 Å². The average Bonchev–Trinajstić information content (AvgIpc) is 2.58. The highest BCUT2D eigenvalue weighted by Gasteiger charge is 2.19. The molecule has 0 aromatic rings. The number of hydrogen-bond acceptors (Lipinski definition) is 8. The molecule has 0 unspecified atom stereocenters. The number of hydrogen-bond donors (Lipinski definition) is 2. The Kier molecular flexibility index (Phi) is 14.3. The van der Waals surface area contributed by atoms with Gasteiger partial charge in [-0.2, -0.15) is 0 Å². The van der Waals surface area contributed by atoms with Crippen molar-refractivity contribution in [3.05, 3.63) is 0 Å². The first-order valence-corrected chi connectivity index (χ1v) is 10.5. The van der Waals surface area contributed by atoms with E-state index >= 15 is 0 Å². The number of carbonyl (C=O) groups is 2. The Morgan fingerprint density at radius 1 is 0.862 bits per heavy atom. The van der Waals surface area contributed by atoms with Gasteiger partial charge < -0.3 is 24.9 Å². The predicted molar refractivity (Wildman–Crippen MR) is 117 cm³/mol. The normalized spacial score (nSPS) is 18.6. The van der Waals surface area contributed by atoms with E-state index in [1.165, 1.54) is 0 Å². The third-order valence-corrected chi connectivity index (χ3v) is 4.14. The first-order chi connectivity index (χ1) is 13.5. The van der Waals surface area contributed by atoms with Gasteiger partial charge in [-0.3, -0.25) is 14.6 Å². The summed E-state index contributed by atoms with van der Waals surface area (Å²) in [5.41, 5.74) is -0.420. The van der Waals surface area contributed by atoms with Crippen LogP contribution in [0.25, 0.3) is 0 Å². The monoisotopic (exact) mass is 416 g/mol. The fraction of sp³-hybridized carbons (Fsp3) is 0.905. The second kappa shape index (κ2) is 14.8. The molecule has 0 amide bonds. The van der Waals surface area contributed by atoms with Gasteiger partial charge in [0, 0.05) is 59.5 Å². The molecule has 29 heavy (non-hydrogen) atoms. The Morgan fingerprint density at radius 2 is 1.34 bits per heavy atom. The molecule has 2 N–H and O–H groups in total. The van der Waals surface area contributed by atoms with Crippen LogP contribution in [0.2, 0.25) is 0 Å². The molecule has 0 aromatic carbocycles. The molecule has 1 saturated heterocycles. The molecule has 172 valence electrons. The second-order valence-corrected chi connectivity index (χ2v) is 9.15. The number of aldehydes is 1. The molecule has 0 atom stereocenters. The number of nitrogens with zero attached hydrogens (tertiary/aromatic N) is 2. The lowest BCUT2D eigenvalue weighted by Crippen LogP contribution is -2.45. The Bertz CT molecular complexity index is 447. The minimum Gasteiger partial charge on any atom is -0.459 e. The van der Waals surface area contributed by atoms with Gasteiger partial charge in [0.2, 0.25) is 0 Å². The van der Waals surface area contributed by atoms with Crippen molar-refractivity contribution in [2.75, 3.05) is 72.6 Å². The van der Waals surface area contributed by atoms with Crippen molar-refractivity contribution in [3.63, 3.8) is 0 Å². The Hall–Kier alpha value is -1.06. The van der Waals surface area contributed by atoms with E-state index in [1.807, 2.05) is 41.5 Å². The molecule has 1 aliphatic heterocycles. The van der Waals surface area contributed by atoms with Crippen LogP contribution in [0.15, 0.2) is 0 Å². The molecule has 0 aliphatic carbocycles. The summed E-state index contributed by atoms with van der Waals surface area (Å²) in [6.45, 7) is 19.0. The molecular weight excluding hydrogens is 372 g/mol. The Morgan fingerprint density at radius 3 is 1.79 bits per heavy atom. The van der Waals surface area contributed by atoms with E-state index in [9.17, 15) is 9.59 Å². The first kappa shape index (κ1) is 27.9. The summed E-state index contributed by atoms with van der Waals surface area (Å²) < 4.78 is 10.3. The predicted octanol–water partition coefficient (Wildman–Crippen LogP) is 0.755. The molecule has 0 spiro atoms.